The third kappa shape index (κ3) is 4.43. The molecule has 3 fully saturated rings. The lowest BCUT2D eigenvalue weighted by Crippen LogP contribution is -2.68. The number of halogens is 1. The number of ether oxygens (including phenoxy) is 1. The summed E-state index contributed by atoms with van der Waals surface area (Å²) in [6, 6.07) is 9.88. The van der Waals surface area contributed by atoms with E-state index < -0.39 is 5.41 Å². The van der Waals surface area contributed by atoms with Crippen molar-refractivity contribution in [3.63, 3.8) is 0 Å². The molecule has 0 N–H and O–H groups in total. The zero-order chi connectivity index (χ0) is 32.0. The summed E-state index contributed by atoms with van der Waals surface area (Å²) in [5.74, 6) is 0.520. The summed E-state index contributed by atoms with van der Waals surface area (Å²) in [5, 5.41) is 0. The number of esters is 1. The van der Waals surface area contributed by atoms with Gasteiger partial charge in [-0.15, -0.1) is 0 Å². The Morgan fingerprint density at radius 2 is 1.59 bits per heavy atom. The van der Waals surface area contributed by atoms with E-state index in [2.05, 4.69) is 83.2 Å². The third-order valence-corrected chi connectivity index (χ3v) is 17.1. The molecule has 44 heavy (non-hydrogen) atoms. The van der Waals surface area contributed by atoms with Crippen molar-refractivity contribution in [3.8, 4) is 0 Å². The van der Waals surface area contributed by atoms with Crippen LogP contribution in [0.2, 0.25) is 0 Å². The average Bonchev–Trinajstić information content (AvgIpc) is 2.97. The zero-order valence-corrected chi connectivity index (χ0v) is 30.0. The Labute approximate surface area is 278 Å². The molecule has 7 atom stereocenters. The Balaban J connectivity index is 1.34. The van der Waals surface area contributed by atoms with E-state index in [1.165, 1.54) is 5.57 Å². The molecule has 0 saturated heterocycles. The predicted molar refractivity (Wildman–Crippen MR) is 183 cm³/mol. The lowest BCUT2D eigenvalue weighted by molar-refractivity contribution is -0.172. The molecule has 0 heterocycles. The summed E-state index contributed by atoms with van der Waals surface area (Å²) in [4.78, 5) is 41.0. The molecule has 5 aliphatic rings. The largest absolute Gasteiger partial charge is 0.461 e. The van der Waals surface area contributed by atoms with Gasteiger partial charge in [0.1, 0.15) is 6.61 Å². The Hall–Kier alpha value is -1.76. The van der Waals surface area contributed by atoms with E-state index in [0.29, 0.717) is 13.0 Å². The van der Waals surface area contributed by atoms with Crippen LogP contribution >= 0.6 is 22.6 Å². The van der Waals surface area contributed by atoms with Crippen molar-refractivity contribution in [3.05, 3.63) is 59.7 Å². The second-order valence-electron chi connectivity index (χ2n) is 17.0. The summed E-state index contributed by atoms with van der Waals surface area (Å²) < 4.78 is 5.43. The fraction of sp³-hybridized carbons (Fsp3) is 0.667. The van der Waals surface area contributed by atoms with Gasteiger partial charge in [0.05, 0.1) is 0 Å². The van der Waals surface area contributed by atoms with Gasteiger partial charge >= 0.3 is 5.97 Å². The molecule has 3 saturated carbocycles. The van der Waals surface area contributed by atoms with E-state index in [0.717, 1.165) is 56.9 Å². The summed E-state index contributed by atoms with van der Waals surface area (Å²) in [7, 11) is 0. The highest BCUT2D eigenvalue weighted by atomic mass is 127. The van der Waals surface area contributed by atoms with Crippen molar-refractivity contribution in [2.24, 2.45) is 44.3 Å². The van der Waals surface area contributed by atoms with Crippen molar-refractivity contribution >= 4 is 40.1 Å². The van der Waals surface area contributed by atoms with E-state index in [1.807, 2.05) is 30.3 Å². The first kappa shape index (κ1) is 32.2. The Morgan fingerprint density at radius 1 is 0.909 bits per heavy atom. The molecule has 1 aromatic rings. The Kier molecular flexibility index (Phi) is 7.59. The molecule has 0 aromatic heterocycles. The summed E-state index contributed by atoms with van der Waals surface area (Å²) in [5.41, 5.74) is 1.20. The summed E-state index contributed by atoms with van der Waals surface area (Å²) >= 11 is 2.59. The highest BCUT2D eigenvalue weighted by molar-refractivity contribution is 14.1. The number of rotatable bonds is 5. The molecule has 6 rings (SSSR count). The normalized spacial score (nSPS) is 41.9. The van der Waals surface area contributed by atoms with Crippen molar-refractivity contribution in [1.29, 1.82) is 0 Å². The molecule has 0 aliphatic heterocycles. The maximum atomic E-state index is 14.7. The van der Waals surface area contributed by atoms with E-state index >= 15 is 0 Å². The first-order valence-corrected chi connectivity index (χ1v) is 17.9. The van der Waals surface area contributed by atoms with Gasteiger partial charge in [0.15, 0.2) is 11.6 Å². The maximum Gasteiger partial charge on any atom is 0.306 e. The second kappa shape index (κ2) is 10.4. The van der Waals surface area contributed by atoms with Crippen molar-refractivity contribution in [2.45, 2.75) is 116 Å². The molecule has 5 aliphatic carbocycles. The minimum absolute atomic E-state index is 0.0203. The van der Waals surface area contributed by atoms with Crippen molar-refractivity contribution in [2.75, 3.05) is 0 Å². The summed E-state index contributed by atoms with van der Waals surface area (Å²) in [6.07, 6.45) is 14.4. The molecule has 0 amide bonds. The lowest BCUT2D eigenvalue weighted by atomic mass is 9.34. The number of carbonyl (C=O) groups is 3. The van der Waals surface area contributed by atoms with Crippen molar-refractivity contribution < 1.29 is 19.1 Å². The van der Waals surface area contributed by atoms with E-state index in [1.54, 1.807) is 6.08 Å². The number of hydrogen-bond acceptors (Lipinski definition) is 4. The molecular weight excluding hydrogens is 659 g/mol. The van der Waals surface area contributed by atoms with Crippen LogP contribution in [0.5, 0.6) is 0 Å². The number of fused-ring (bicyclic) bond motifs is 7. The number of alkyl halides is 1. The highest BCUT2D eigenvalue weighted by Gasteiger charge is 2.72. The molecule has 0 radical (unpaired) electrons. The monoisotopic (exact) mass is 710 g/mol. The number of carbonyl (C=O) groups excluding carboxylic acids is 3. The van der Waals surface area contributed by atoms with Gasteiger partial charge in [-0.2, -0.15) is 0 Å². The van der Waals surface area contributed by atoms with Crippen LogP contribution in [0.25, 0.3) is 0 Å². The first-order valence-electron chi connectivity index (χ1n) is 16.8. The van der Waals surface area contributed by atoms with Gasteiger partial charge in [-0.05, 0) is 102 Å². The molecule has 5 heteroatoms. The van der Waals surface area contributed by atoms with Crippen LogP contribution in [0.3, 0.4) is 0 Å². The number of benzene rings is 1. The smallest absolute Gasteiger partial charge is 0.306 e. The van der Waals surface area contributed by atoms with E-state index in [4.69, 9.17) is 4.74 Å². The molecule has 4 nitrogen and oxygen atoms in total. The van der Waals surface area contributed by atoms with Crippen LogP contribution < -0.4 is 0 Å². The van der Waals surface area contributed by atoms with Crippen LogP contribution in [0.4, 0.5) is 0 Å². The van der Waals surface area contributed by atoms with Gasteiger partial charge in [0.25, 0.3) is 0 Å². The molecule has 0 bridgehead atoms. The zero-order valence-electron chi connectivity index (χ0n) is 27.9. The first-order chi connectivity index (χ1) is 20.4. The molecular formula is C39H51IO4. The van der Waals surface area contributed by atoms with Gasteiger partial charge in [-0.1, -0.05) is 107 Å². The standard InChI is InChI=1S/C39H51IO4/c1-33(2)17-20-38(16-14-31(43)44-25-26-11-9-8-10-12-26)21-18-37(7)32(27(38)24-33)28(41)23-29-35(37,5)19-22-39(40)34(3,4)30(42)13-15-36(29,39)6/h8-13,15,23,27,32H,14,16-22,24-25H2,1-7H3/t27?,32?,35-,36-,37-,38-,39-/m1/s1. The van der Waals surface area contributed by atoms with Gasteiger partial charge in [-0.25, -0.2) is 0 Å². The van der Waals surface area contributed by atoms with Gasteiger partial charge in [0.2, 0.25) is 0 Å². The quantitative estimate of drug-likeness (QED) is 0.174. The van der Waals surface area contributed by atoms with Gasteiger partial charge in [-0.3, -0.25) is 14.4 Å². The fourth-order valence-corrected chi connectivity index (χ4v) is 11.9. The van der Waals surface area contributed by atoms with Crippen molar-refractivity contribution in [1.82, 2.24) is 0 Å². The lowest BCUT2D eigenvalue weighted by Gasteiger charge is -2.71. The fourth-order valence-electron chi connectivity index (χ4n) is 10.9. The topological polar surface area (TPSA) is 60.4 Å². The Morgan fingerprint density at radius 3 is 2.30 bits per heavy atom. The predicted octanol–water partition coefficient (Wildman–Crippen LogP) is 9.39. The van der Waals surface area contributed by atoms with Crippen LogP contribution in [-0.2, 0) is 25.7 Å². The number of allylic oxidation sites excluding steroid dienone is 4. The SMILES string of the molecule is CC1(C)CC[C@]2(CCC(=O)OCc3ccccc3)CC[C@]3(C)C(C(=O)C=C4[C@@]5(C)C=CC(=O)C(C)(C)[C@]5(I)CC[C@]43C)C2C1. The summed E-state index contributed by atoms with van der Waals surface area (Å²) in [6.45, 7) is 16.4. The number of ketones is 2. The third-order valence-electron chi connectivity index (χ3n) is 14.1. The van der Waals surface area contributed by atoms with E-state index in [9.17, 15) is 14.4 Å². The highest BCUT2D eigenvalue weighted by Crippen LogP contribution is 2.76. The Bertz CT molecular complexity index is 1440. The van der Waals surface area contributed by atoms with Crippen LogP contribution in [0.15, 0.2) is 54.1 Å². The van der Waals surface area contributed by atoms with E-state index in [-0.39, 0.29) is 59.9 Å². The molecule has 2 unspecified atom stereocenters. The maximum absolute atomic E-state index is 14.7. The minimum Gasteiger partial charge on any atom is -0.461 e. The van der Waals surface area contributed by atoms with Crippen LogP contribution in [-0.4, -0.2) is 21.0 Å². The molecule has 0 spiro atoms. The molecule has 1 aromatic carbocycles. The second-order valence-corrected chi connectivity index (χ2v) is 18.8. The van der Waals surface area contributed by atoms with Gasteiger partial charge < -0.3 is 4.74 Å². The average molecular weight is 711 g/mol. The minimum atomic E-state index is -0.510. The number of hydrogen-bond donors (Lipinski definition) is 0. The van der Waals surface area contributed by atoms with Gasteiger partial charge in [0, 0.05) is 26.6 Å². The van der Waals surface area contributed by atoms with Crippen LogP contribution in [0.1, 0.15) is 112 Å². The molecule has 238 valence electrons. The van der Waals surface area contributed by atoms with Crippen LogP contribution in [0, 0.1) is 44.3 Å².